The van der Waals surface area contributed by atoms with E-state index in [1.807, 2.05) is 25.2 Å². The molecule has 0 unspecified atom stereocenters. The summed E-state index contributed by atoms with van der Waals surface area (Å²) in [6.45, 7) is 1.78. The van der Waals surface area contributed by atoms with Gasteiger partial charge in [0.1, 0.15) is 0 Å². The number of rotatable bonds is 1. The minimum Gasteiger partial charge on any atom is -0.504 e. The molecule has 0 fully saturated rings. The minimum absolute atomic E-state index is 0.0700. The van der Waals surface area contributed by atoms with Crippen LogP contribution in [0.5, 0.6) is 0 Å². The Morgan fingerprint density at radius 2 is 2.00 bits per heavy atom. The standard InChI is InChI=1S/C10H15NO2/c1-7-8(6-11(2)3)4-5-9(12)10(7)13/h6,13H,4-5H2,1-3H3/b8-6-. The summed E-state index contributed by atoms with van der Waals surface area (Å²) in [5, 5.41) is 9.40. The molecule has 0 heterocycles. The van der Waals surface area contributed by atoms with E-state index in [0.29, 0.717) is 12.0 Å². The summed E-state index contributed by atoms with van der Waals surface area (Å²) in [5.41, 5.74) is 1.76. The molecule has 0 atom stereocenters. The van der Waals surface area contributed by atoms with Crippen LogP contribution in [-0.4, -0.2) is 29.9 Å². The van der Waals surface area contributed by atoms with Gasteiger partial charge in [0.25, 0.3) is 0 Å². The van der Waals surface area contributed by atoms with Crippen LogP contribution in [0.1, 0.15) is 19.8 Å². The van der Waals surface area contributed by atoms with Crippen LogP contribution < -0.4 is 0 Å². The zero-order valence-electron chi connectivity index (χ0n) is 8.29. The van der Waals surface area contributed by atoms with E-state index >= 15 is 0 Å². The molecule has 0 saturated carbocycles. The summed E-state index contributed by atoms with van der Waals surface area (Å²) >= 11 is 0. The summed E-state index contributed by atoms with van der Waals surface area (Å²) in [7, 11) is 3.85. The molecule has 0 aromatic carbocycles. The zero-order chi connectivity index (χ0) is 10.0. The van der Waals surface area contributed by atoms with Crippen molar-refractivity contribution in [3.63, 3.8) is 0 Å². The predicted octanol–water partition coefficient (Wildman–Crippen LogP) is 1.63. The van der Waals surface area contributed by atoms with Crippen LogP contribution in [0.15, 0.2) is 23.1 Å². The van der Waals surface area contributed by atoms with Crippen molar-refractivity contribution in [2.24, 2.45) is 0 Å². The second-order valence-corrected chi connectivity index (χ2v) is 3.51. The van der Waals surface area contributed by atoms with Gasteiger partial charge in [0.05, 0.1) is 0 Å². The van der Waals surface area contributed by atoms with E-state index in [1.54, 1.807) is 6.92 Å². The van der Waals surface area contributed by atoms with E-state index in [4.69, 9.17) is 0 Å². The molecule has 0 aromatic heterocycles. The zero-order valence-corrected chi connectivity index (χ0v) is 8.29. The Bertz CT molecular complexity index is 287. The Labute approximate surface area is 78.4 Å². The summed E-state index contributed by atoms with van der Waals surface area (Å²) in [6.07, 6.45) is 3.09. The van der Waals surface area contributed by atoms with Crippen molar-refractivity contribution in [1.29, 1.82) is 0 Å². The van der Waals surface area contributed by atoms with Crippen LogP contribution in [0.2, 0.25) is 0 Å². The fourth-order valence-electron chi connectivity index (χ4n) is 1.39. The summed E-state index contributed by atoms with van der Waals surface area (Å²) in [5.74, 6) is -0.215. The molecule has 0 amide bonds. The lowest BCUT2D eigenvalue weighted by Gasteiger charge is -2.17. The number of carbonyl (C=O) groups is 1. The third-order valence-corrected chi connectivity index (χ3v) is 2.14. The average molecular weight is 181 g/mol. The summed E-state index contributed by atoms with van der Waals surface area (Å²) in [4.78, 5) is 13.0. The van der Waals surface area contributed by atoms with Gasteiger partial charge >= 0.3 is 0 Å². The quantitative estimate of drug-likeness (QED) is 0.668. The molecule has 1 aliphatic rings. The Hall–Kier alpha value is -1.25. The van der Waals surface area contributed by atoms with Crippen LogP contribution in [0.3, 0.4) is 0 Å². The van der Waals surface area contributed by atoms with Gasteiger partial charge in [0.15, 0.2) is 11.5 Å². The highest BCUT2D eigenvalue weighted by atomic mass is 16.3. The van der Waals surface area contributed by atoms with E-state index in [2.05, 4.69) is 0 Å². The highest BCUT2D eigenvalue weighted by Gasteiger charge is 2.20. The van der Waals surface area contributed by atoms with Crippen molar-refractivity contribution in [2.75, 3.05) is 14.1 Å². The Morgan fingerprint density at radius 3 is 2.54 bits per heavy atom. The lowest BCUT2D eigenvalue weighted by molar-refractivity contribution is -0.118. The molecule has 3 nitrogen and oxygen atoms in total. The first-order valence-electron chi connectivity index (χ1n) is 4.33. The molecular weight excluding hydrogens is 166 g/mol. The van der Waals surface area contributed by atoms with Gasteiger partial charge in [-0.3, -0.25) is 4.79 Å². The maximum absolute atomic E-state index is 11.1. The first kappa shape index (κ1) is 9.84. The molecule has 0 radical (unpaired) electrons. The van der Waals surface area contributed by atoms with Crippen molar-refractivity contribution < 1.29 is 9.90 Å². The molecule has 0 saturated heterocycles. The number of carbonyl (C=O) groups excluding carboxylic acids is 1. The van der Waals surface area contributed by atoms with Gasteiger partial charge in [0.2, 0.25) is 0 Å². The predicted molar refractivity (Wildman–Crippen MR) is 51.3 cm³/mol. The van der Waals surface area contributed by atoms with Crippen molar-refractivity contribution in [3.05, 3.63) is 23.1 Å². The van der Waals surface area contributed by atoms with Crippen LogP contribution >= 0.6 is 0 Å². The molecule has 0 bridgehead atoms. The van der Waals surface area contributed by atoms with Gasteiger partial charge in [-0.2, -0.15) is 0 Å². The number of nitrogens with zero attached hydrogens (tertiary/aromatic N) is 1. The third-order valence-electron chi connectivity index (χ3n) is 2.14. The summed E-state index contributed by atoms with van der Waals surface area (Å²) in [6, 6.07) is 0. The topological polar surface area (TPSA) is 40.5 Å². The van der Waals surface area contributed by atoms with E-state index in [0.717, 1.165) is 12.0 Å². The van der Waals surface area contributed by atoms with Crippen LogP contribution in [0, 0.1) is 0 Å². The number of ketones is 1. The fourth-order valence-corrected chi connectivity index (χ4v) is 1.39. The highest BCUT2D eigenvalue weighted by Crippen LogP contribution is 2.25. The monoisotopic (exact) mass is 181 g/mol. The smallest absolute Gasteiger partial charge is 0.197 e. The first-order chi connectivity index (χ1) is 6.02. The van der Waals surface area contributed by atoms with Gasteiger partial charge in [-0.15, -0.1) is 0 Å². The second-order valence-electron chi connectivity index (χ2n) is 3.51. The molecule has 3 heteroatoms. The number of aliphatic hydroxyl groups is 1. The molecular formula is C10H15NO2. The van der Waals surface area contributed by atoms with Crippen LogP contribution in [0.25, 0.3) is 0 Å². The molecule has 1 N–H and O–H groups in total. The maximum atomic E-state index is 11.1. The van der Waals surface area contributed by atoms with E-state index in [1.165, 1.54) is 0 Å². The fraction of sp³-hybridized carbons (Fsp3) is 0.500. The van der Waals surface area contributed by atoms with E-state index in [-0.39, 0.29) is 11.5 Å². The molecule has 1 rings (SSSR count). The number of hydrogen-bond acceptors (Lipinski definition) is 3. The molecule has 72 valence electrons. The molecule has 13 heavy (non-hydrogen) atoms. The Morgan fingerprint density at radius 1 is 1.38 bits per heavy atom. The lowest BCUT2D eigenvalue weighted by atomic mass is 9.93. The second kappa shape index (κ2) is 3.64. The SMILES string of the molecule is CC1=C(O)C(=O)CC/C1=C/N(C)C. The van der Waals surface area contributed by atoms with Gasteiger partial charge in [-0.25, -0.2) is 0 Å². The van der Waals surface area contributed by atoms with E-state index in [9.17, 15) is 9.90 Å². The minimum atomic E-state index is -0.145. The lowest BCUT2D eigenvalue weighted by Crippen LogP contribution is -2.14. The van der Waals surface area contributed by atoms with Crippen molar-refractivity contribution >= 4 is 5.78 Å². The molecule has 0 aliphatic heterocycles. The molecule has 0 spiro atoms. The largest absolute Gasteiger partial charge is 0.504 e. The van der Waals surface area contributed by atoms with Gasteiger partial charge in [0, 0.05) is 26.7 Å². The average Bonchev–Trinajstić information content (AvgIpc) is 2.06. The van der Waals surface area contributed by atoms with Gasteiger partial charge in [-0.1, -0.05) is 0 Å². The van der Waals surface area contributed by atoms with E-state index < -0.39 is 0 Å². The molecule has 1 aliphatic carbocycles. The maximum Gasteiger partial charge on any atom is 0.197 e. The van der Waals surface area contributed by atoms with Crippen LogP contribution in [0.4, 0.5) is 0 Å². The Kier molecular flexibility index (Phi) is 2.76. The highest BCUT2D eigenvalue weighted by molar-refractivity contribution is 5.95. The summed E-state index contributed by atoms with van der Waals surface area (Å²) < 4.78 is 0. The molecule has 0 aromatic rings. The van der Waals surface area contributed by atoms with Gasteiger partial charge < -0.3 is 10.0 Å². The van der Waals surface area contributed by atoms with Gasteiger partial charge in [-0.05, 0) is 24.5 Å². The first-order valence-corrected chi connectivity index (χ1v) is 4.33. The number of aliphatic hydroxyl groups excluding tert-OH is 1. The Balaban J connectivity index is 2.99. The number of allylic oxidation sites excluding steroid dienone is 3. The number of Topliss-reactive ketones (excluding diaryl/α,β-unsaturated/α-hetero) is 1. The van der Waals surface area contributed by atoms with Crippen molar-refractivity contribution in [1.82, 2.24) is 4.90 Å². The normalized spacial score (nSPS) is 21.2. The third kappa shape index (κ3) is 2.11. The van der Waals surface area contributed by atoms with Crippen molar-refractivity contribution in [2.45, 2.75) is 19.8 Å². The van der Waals surface area contributed by atoms with Crippen molar-refractivity contribution in [3.8, 4) is 0 Å². The van der Waals surface area contributed by atoms with Crippen LogP contribution in [-0.2, 0) is 4.79 Å². The number of hydrogen-bond donors (Lipinski definition) is 1.